The number of likely N-dealkylation sites (tertiary alicyclic amines) is 1. The van der Waals surface area contributed by atoms with Crippen LogP contribution in [0.5, 0.6) is 0 Å². The molecule has 0 bridgehead atoms. The maximum Gasteiger partial charge on any atom is 0.155 e. The predicted octanol–water partition coefficient (Wildman–Crippen LogP) is 4.02. The summed E-state index contributed by atoms with van der Waals surface area (Å²) >= 11 is 0. The summed E-state index contributed by atoms with van der Waals surface area (Å²) in [6.07, 6.45) is 1.98. The van der Waals surface area contributed by atoms with Crippen molar-refractivity contribution in [3.63, 3.8) is 0 Å². The van der Waals surface area contributed by atoms with Crippen LogP contribution in [0.15, 0.2) is 48.7 Å². The van der Waals surface area contributed by atoms with Gasteiger partial charge in [0, 0.05) is 23.4 Å². The van der Waals surface area contributed by atoms with Gasteiger partial charge >= 0.3 is 0 Å². The summed E-state index contributed by atoms with van der Waals surface area (Å²) < 4.78 is 0. The number of nitrogens with zero attached hydrogens (tertiary/aromatic N) is 2. The molecule has 4 heteroatoms. The van der Waals surface area contributed by atoms with Crippen LogP contribution in [-0.2, 0) is 4.79 Å². The normalized spacial score (nSPS) is 27.7. The number of carbonyl (C=O) groups excluding carboxylic acids is 1. The van der Waals surface area contributed by atoms with E-state index in [1.165, 1.54) is 5.56 Å². The number of benzene rings is 1. The number of nitrogens with one attached hydrogen (secondary N) is 1. The molecule has 4 atom stereocenters. The molecular formula is C22H27N3O. The molecule has 1 fully saturated rings. The second kappa shape index (κ2) is 6.20. The van der Waals surface area contributed by atoms with E-state index in [9.17, 15) is 4.79 Å². The molecule has 1 aromatic carbocycles. The molecule has 4 rings (SSSR count). The minimum atomic E-state index is -0.378. The molecule has 3 heterocycles. The van der Waals surface area contributed by atoms with Gasteiger partial charge < -0.3 is 5.32 Å². The summed E-state index contributed by atoms with van der Waals surface area (Å²) in [7, 11) is 0. The van der Waals surface area contributed by atoms with Crippen molar-refractivity contribution in [2.45, 2.75) is 51.7 Å². The zero-order chi connectivity index (χ0) is 18.5. The van der Waals surface area contributed by atoms with E-state index in [0.717, 1.165) is 17.9 Å². The lowest BCUT2D eigenvalue weighted by molar-refractivity contribution is -0.131. The number of anilines is 1. The second-order valence-corrected chi connectivity index (χ2v) is 8.38. The van der Waals surface area contributed by atoms with Crippen molar-refractivity contribution in [2.75, 3.05) is 11.9 Å². The Morgan fingerprint density at radius 1 is 1.12 bits per heavy atom. The zero-order valence-electron chi connectivity index (χ0n) is 15.9. The van der Waals surface area contributed by atoms with Gasteiger partial charge in [0.25, 0.3) is 0 Å². The first-order valence-electron chi connectivity index (χ1n) is 9.50. The third kappa shape index (κ3) is 2.55. The summed E-state index contributed by atoms with van der Waals surface area (Å²) in [5.41, 5.74) is 3.04. The van der Waals surface area contributed by atoms with Gasteiger partial charge in [-0.1, -0.05) is 58.0 Å². The first-order chi connectivity index (χ1) is 12.4. The van der Waals surface area contributed by atoms with Crippen molar-refractivity contribution in [3.05, 3.63) is 59.9 Å². The monoisotopic (exact) mass is 349 g/mol. The lowest BCUT2D eigenvalue weighted by Gasteiger charge is -2.34. The predicted molar refractivity (Wildman–Crippen MR) is 104 cm³/mol. The number of ketones is 1. The van der Waals surface area contributed by atoms with E-state index in [0.29, 0.717) is 5.78 Å². The number of carbonyl (C=O) groups is 1. The molecule has 0 aliphatic carbocycles. The standard InChI is InChI=1S/C22H27N3O/c1-5-25-19(20(26)22(2,3)4)16(14-10-7-6-8-11-14)17-18-15(24-21(17)25)12-9-13-23-18/h6-13,16-17,19,21,24H,5H2,1-4H3. The smallest absolute Gasteiger partial charge is 0.155 e. The fraction of sp³-hybridized carbons (Fsp3) is 0.455. The molecule has 0 amide bonds. The van der Waals surface area contributed by atoms with E-state index in [2.05, 4.69) is 47.5 Å². The Kier molecular flexibility index (Phi) is 4.11. The minimum Gasteiger partial charge on any atom is -0.367 e. The van der Waals surface area contributed by atoms with E-state index < -0.39 is 0 Å². The Labute approximate surface area is 155 Å². The number of rotatable bonds is 3. The summed E-state index contributed by atoms with van der Waals surface area (Å²) in [4.78, 5) is 20.5. The van der Waals surface area contributed by atoms with E-state index >= 15 is 0 Å². The molecule has 0 radical (unpaired) electrons. The molecule has 26 heavy (non-hydrogen) atoms. The molecule has 1 aromatic heterocycles. The third-order valence-corrected chi connectivity index (χ3v) is 5.80. The Bertz CT molecular complexity index is 812. The number of hydrogen-bond acceptors (Lipinski definition) is 4. The molecule has 0 spiro atoms. The molecule has 4 unspecified atom stereocenters. The topological polar surface area (TPSA) is 45.2 Å². The number of likely N-dealkylation sites (N-methyl/N-ethyl adjacent to an activating group) is 1. The number of aromatic nitrogens is 1. The van der Waals surface area contributed by atoms with Crippen LogP contribution in [0.4, 0.5) is 5.69 Å². The zero-order valence-corrected chi connectivity index (χ0v) is 15.9. The van der Waals surface area contributed by atoms with E-state index in [4.69, 9.17) is 4.98 Å². The van der Waals surface area contributed by atoms with Gasteiger partial charge in [-0.05, 0) is 24.2 Å². The highest BCUT2D eigenvalue weighted by Crippen LogP contribution is 2.53. The van der Waals surface area contributed by atoms with E-state index in [1.54, 1.807) is 0 Å². The van der Waals surface area contributed by atoms with Gasteiger partial charge in [0.05, 0.1) is 23.6 Å². The SMILES string of the molecule is CCN1C2Nc3cccnc3C2C(c2ccccc2)C1C(=O)C(C)(C)C. The third-order valence-electron chi connectivity index (χ3n) is 5.80. The fourth-order valence-electron chi connectivity index (χ4n) is 4.65. The van der Waals surface area contributed by atoms with Crippen LogP contribution >= 0.6 is 0 Å². The van der Waals surface area contributed by atoms with Crippen molar-refractivity contribution in [1.82, 2.24) is 9.88 Å². The van der Waals surface area contributed by atoms with Gasteiger partial charge in [0.2, 0.25) is 0 Å². The van der Waals surface area contributed by atoms with Gasteiger partial charge in [-0.15, -0.1) is 0 Å². The van der Waals surface area contributed by atoms with Crippen LogP contribution in [0.1, 0.15) is 50.8 Å². The van der Waals surface area contributed by atoms with E-state index in [1.807, 2.05) is 39.1 Å². The molecular weight excluding hydrogens is 322 g/mol. The fourth-order valence-corrected chi connectivity index (χ4v) is 4.65. The highest BCUT2D eigenvalue weighted by Gasteiger charge is 2.57. The Hall–Kier alpha value is -2.20. The average molecular weight is 349 g/mol. The Morgan fingerprint density at radius 3 is 2.50 bits per heavy atom. The average Bonchev–Trinajstić information content (AvgIpc) is 3.14. The largest absolute Gasteiger partial charge is 0.367 e. The molecule has 1 saturated heterocycles. The highest BCUT2D eigenvalue weighted by molar-refractivity contribution is 5.91. The van der Waals surface area contributed by atoms with Crippen molar-refractivity contribution < 1.29 is 4.79 Å². The summed E-state index contributed by atoms with van der Waals surface area (Å²) in [5.74, 6) is 0.600. The number of Topliss-reactive ketones (excluding diaryl/α,β-unsaturated/α-hetero) is 1. The molecule has 2 aromatic rings. The number of pyridine rings is 1. The molecule has 4 nitrogen and oxygen atoms in total. The maximum atomic E-state index is 13.5. The Morgan fingerprint density at radius 2 is 1.85 bits per heavy atom. The minimum absolute atomic E-state index is 0.108. The number of hydrogen-bond donors (Lipinski definition) is 1. The molecule has 1 N–H and O–H groups in total. The van der Waals surface area contributed by atoms with Gasteiger partial charge in [-0.25, -0.2) is 0 Å². The van der Waals surface area contributed by atoms with Crippen molar-refractivity contribution in [3.8, 4) is 0 Å². The molecule has 2 aliphatic heterocycles. The Balaban J connectivity index is 1.87. The summed E-state index contributed by atoms with van der Waals surface area (Å²) in [5, 5.41) is 3.64. The summed E-state index contributed by atoms with van der Waals surface area (Å²) in [6, 6.07) is 14.4. The lowest BCUT2D eigenvalue weighted by Crippen LogP contribution is -2.48. The van der Waals surface area contributed by atoms with Crippen LogP contribution in [0.2, 0.25) is 0 Å². The van der Waals surface area contributed by atoms with Gasteiger partial charge in [-0.3, -0.25) is 14.7 Å². The van der Waals surface area contributed by atoms with Crippen LogP contribution in [0.25, 0.3) is 0 Å². The van der Waals surface area contributed by atoms with Crippen LogP contribution in [0, 0.1) is 5.41 Å². The molecule has 2 aliphatic rings. The number of fused-ring (bicyclic) bond motifs is 3. The van der Waals surface area contributed by atoms with Crippen molar-refractivity contribution in [1.29, 1.82) is 0 Å². The van der Waals surface area contributed by atoms with Crippen LogP contribution < -0.4 is 5.32 Å². The maximum absolute atomic E-state index is 13.5. The second-order valence-electron chi connectivity index (χ2n) is 8.38. The first-order valence-corrected chi connectivity index (χ1v) is 9.50. The summed E-state index contributed by atoms with van der Waals surface area (Å²) in [6.45, 7) is 9.06. The van der Waals surface area contributed by atoms with Crippen molar-refractivity contribution in [2.24, 2.45) is 5.41 Å². The van der Waals surface area contributed by atoms with Crippen LogP contribution in [0.3, 0.4) is 0 Å². The van der Waals surface area contributed by atoms with Gasteiger partial charge in [-0.2, -0.15) is 0 Å². The highest BCUT2D eigenvalue weighted by atomic mass is 16.1. The first kappa shape index (κ1) is 17.2. The molecule has 0 saturated carbocycles. The molecule has 136 valence electrons. The van der Waals surface area contributed by atoms with Crippen LogP contribution in [-0.4, -0.2) is 34.4 Å². The van der Waals surface area contributed by atoms with Gasteiger partial charge in [0.1, 0.15) is 0 Å². The lowest BCUT2D eigenvalue weighted by atomic mass is 9.75. The van der Waals surface area contributed by atoms with E-state index in [-0.39, 0.29) is 29.5 Å². The van der Waals surface area contributed by atoms with Crippen molar-refractivity contribution >= 4 is 11.5 Å². The quantitative estimate of drug-likeness (QED) is 0.909. The van der Waals surface area contributed by atoms with Gasteiger partial charge in [0.15, 0.2) is 5.78 Å².